The number of likely N-dealkylation sites (tertiary alicyclic amines) is 1. The minimum Gasteiger partial charge on any atom is -0.459 e. The van der Waals surface area contributed by atoms with Gasteiger partial charge in [-0.25, -0.2) is 0 Å². The van der Waals surface area contributed by atoms with Gasteiger partial charge in [0.1, 0.15) is 11.3 Å². The van der Waals surface area contributed by atoms with E-state index in [4.69, 9.17) is 10.2 Å². The summed E-state index contributed by atoms with van der Waals surface area (Å²) in [6.07, 6.45) is 2.64. The van der Waals surface area contributed by atoms with Crippen molar-refractivity contribution in [2.75, 3.05) is 13.1 Å². The molecule has 1 atom stereocenters. The van der Waals surface area contributed by atoms with E-state index in [1.54, 1.807) is 0 Å². The van der Waals surface area contributed by atoms with Gasteiger partial charge in [0.15, 0.2) is 0 Å². The van der Waals surface area contributed by atoms with Crippen molar-refractivity contribution in [3.05, 3.63) is 35.6 Å². The highest BCUT2D eigenvalue weighted by molar-refractivity contribution is 5.82. The van der Waals surface area contributed by atoms with E-state index in [0.29, 0.717) is 6.54 Å². The highest BCUT2D eigenvalue weighted by Crippen LogP contribution is 2.27. The number of hydrogen-bond acceptors (Lipinski definition) is 3. The average Bonchev–Trinajstić information content (AvgIpc) is 2.75. The first kappa shape index (κ1) is 12.7. The molecule has 1 aliphatic heterocycles. The Morgan fingerprint density at radius 3 is 3.00 bits per heavy atom. The van der Waals surface area contributed by atoms with Gasteiger partial charge in [-0.15, -0.1) is 0 Å². The quantitative estimate of drug-likeness (QED) is 0.919. The number of fused-ring (bicyclic) bond motifs is 1. The Morgan fingerprint density at radius 1 is 1.37 bits per heavy atom. The normalized spacial score (nSPS) is 21.1. The van der Waals surface area contributed by atoms with Gasteiger partial charge in [-0.1, -0.05) is 25.1 Å². The van der Waals surface area contributed by atoms with E-state index < -0.39 is 0 Å². The van der Waals surface area contributed by atoms with Crippen molar-refractivity contribution in [2.45, 2.75) is 32.9 Å². The Bertz CT molecular complexity index is 561. The molecule has 1 fully saturated rings. The minimum absolute atomic E-state index is 0.551. The van der Waals surface area contributed by atoms with Crippen molar-refractivity contribution in [1.29, 1.82) is 0 Å². The maximum atomic E-state index is 6.01. The van der Waals surface area contributed by atoms with Crippen LogP contribution in [0.2, 0.25) is 0 Å². The number of rotatable bonds is 3. The number of furan rings is 1. The summed E-state index contributed by atoms with van der Waals surface area (Å²) in [7, 11) is 0. The summed E-state index contributed by atoms with van der Waals surface area (Å²) in [5, 5.41) is 1.17. The molecule has 1 unspecified atom stereocenters. The number of para-hydroxylation sites is 1. The summed E-state index contributed by atoms with van der Waals surface area (Å²) in [5.41, 5.74) is 8.05. The van der Waals surface area contributed by atoms with E-state index in [-0.39, 0.29) is 0 Å². The summed E-state index contributed by atoms with van der Waals surface area (Å²) in [5.74, 6) is 1.84. The Balaban J connectivity index is 1.87. The molecule has 1 aliphatic rings. The molecule has 2 aromatic rings. The van der Waals surface area contributed by atoms with E-state index in [0.717, 1.165) is 23.8 Å². The van der Waals surface area contributed by atoms with Gasteiger partial charge in [0, 0.05) is 24.0 Å². The zero-order valence-electron chi connectivity index (χ0n) is 11.6. The maximum Gasteiger partial charge on any atom is 0.134 e. The van der Waals surface area contributed by atoms with E-state index in [9.17, 15) is 0 Å². The van der Waals surface area contributed by atoms with Gasteiger partial charge in [0.05, 0.1) is 6.54 Å². The first-order chi connectivity index (χ1) is 9.28. The lowest BCUT2D eigenvalue weighted by atomic mass is 10.00. The third kappa shape index (κ3) is 2.53. The van der Waals surface area contributed by atoms with Crippen molar-refractivity contribution < 1.29 is 4.42 Å². The molecule has 1 aromatic heterocycles. The smallest absolute Gasteiger partial charge is 0.134 e. The highest BCUT2D eigenvalue weighted by Gasteiger charge is 2.20. The van der Waals surface area contributed by atoms with Crippen molar-refractivity contribution >= 4 is 11.0 Å². The van der Waals surface area contributed by atoms with Gasteiger partial charge in [-0.3, -0.25) is 4.90 Å². The topological polar surface area (TPSA) is 42.4 Å². The fraction of sp³-hybridized carbons (Fsp3) is 0.500. The van der Waals surface area contributed by atoms with Gasteiger partial charge in [-0.2, -0.15) is 0 Å². The van der Waals surface area contributed by atoms with Crippen LogP contribution in [-0.4, -0.2) is 18.0 Å². The zero-order valence-corrected chi connectivity index (χ0v) is 11.6. The molecule has 2 N–H and O–H groups in total. The van der Waals surface area contributed by atoms with Gasteiger partial charge in [0.25, 0.3) is 0 Å². The van der Waals surface area contributed by atoms with Crippen molar-refractivity contribution in [2.24, 2.45) is 11.7 Å². The Morgan fingerprint density at radius 2 is 2.21 bits per heavy atom. The lowest BCUT2D eigenvalue weighted by Crippen LogP contribution is -2.33. The molecular formula is C16H22N2O. The van der Waals surface area contributed by atoms with Gasteiger partial charge in [-0.05, 0) is 31.4 Å². The second kappa shape index (κ2) is 5.35. The van der Waals surface area contributed by atoms with Crippen LogP contribution >= 0.6 is 0 Å². The number of benzene rings is 1. The summed E-state index contributed by atoms with van der Waals surface area (Å²) in [4.78, 5) is 2.49. The monoisotopic (exact) mass is 258 g/mol. The van der Waals surface area contributed by atoms with Crippen LogP contribution in [0.3, 0.4) is 0 Å². The largest absolute Gasteiger partial charge is 0.459 e. The fourth-order valence-electron chi connectivity index (χ4n) is 3.13. The molecule has 1 aromatic carbocycles. The van der Waals surface area contributed by atoms with E-state index >= 15 is 0 Å². The van der Waals surface area contributed by atoms with Gasteiger partial charge < -0.3 is 10.2 Å². The summed E-state index contributed by atoms with van der Waals surface area (Å²) in [6, 6.07) is 8.18. The first-order valence-corrected chi connectivity index (χ1v) is 7.19. The molecular weight excluding hydrogens is 236 g/mol. The predicted molar refractivity (Wildman–Crippen MR) is 77.8 cm³/mol. The molecule has 3 nitrogen and oxygen atoms in total. The highest BCUT2D eigenvalue weighted by atomic mass is 16.3. The molecule has 0 saturated carbocycles. The second-order valence-electron chi connectivity index (χ2n) is 5.69. The molecule has 0 bridgehead atoms. The molecule has 0 amide bonds. The second-order valence-corrected chi connectivity index (χ2v) is 5.69. The van der Waals surface area contributed by atoms with E-state index in [1.807, 2.05) is 18.2 Å². The first-order valence-electron chi connectivity index (χ1n) is 7.19. The number of nitrogens with zero attached hydrogens (tertiary/aromatic N) is 1. The number of hydrogen-bond donors (Lipinski definition) is 1. The van der Waals surface area contributed by atoms with Crippen LogP contribution in [0.5, 0.6) is 0 Å². The molecule has 0 radical (unpaired) electrons. The van der Waals surface area contributed by atoms with Crippen molar-refractivity contribution in [1.82, 2.24) is 4.90 Å². The third-order valence-corrected chi connectivity index (χ3v) is 4.09. The van der Waals surface area contributed by atoms with E-state index in [1.165, 1.54) is 36.9 Å². The molecule has 3 heteroatoms. The minimum atomic E-state index is 0.551. The van der Waals surface area contributed by atoms with E-state index in [2.05, 4.69) is 17.9 Å². The predicted octanol–water partition coefficient (Wildman–Crippen LogP) is 3.12. The maximum absolute atomic E-state index is 6.01. The average molecular weight is 258 g/mol. The molecule has 19 heavy (non-hydrogen) atoms. The zero-order chi connectivity index (χ0) is 13.2. The van der Waals surface area contributed by atoms with Gasteiger partial charge >= 0.3 is 0 Å². The molecule has 0 aliphatic carbocycles. The molecule has 1 saturated heterocycles. The van der Waals surface area contributed by atoms with Crippen LogP contribution in [0.4, 0.5) is 0 Å². The van der Waals surface area contributed by atoms with Crippen LogP contribution < -0.4 is 5.73 Å². The SMILES string of the molecule is CC1CCCN(Cc2oc3ccccc3c2CN)C1. The van der Waals surface area contributed by atoms with Crippen LogP contribution in [-0.2, 0) is 13.1 Å². The number of piperidine rings is 1. The molecule has 102 valence electrons. The Hall–Kier alpha value is -1.32. The molecule has 3 rings (SSSR count). The van der Waals surface area contributed by atoms with Crippen LogP contribution in [0, 0.1) is 5.92 Å². The lowest BCUT2D eigenvalue weighted by Gasteiger charge is -2.30. The van der Waals surface area contributed by atoms with Crippen LogP contribution in [0.15, 0.2) is 28.7 Å². The van der Waals surface area contributed by atoms with Crippen molar-refractivity contribution in [3.63, 3.8) is 0 Å². The standard InChI is InChI=1S/C16H22N2O/c1-12-5-4-8-18(10-12)11-16-14(9-17)13-6-2-3-7-15(13)19-16/h2-3,6-7,12H,4-5,8-11,17H2,1H3. The molecule has 0 spiro atoms. The lowest BCUT2D eigenvalue weighted by molar-refractivity contribution is 0.166. The van der Waals surface area contributed by atoms with Gasteiger partial charge in [0.2, 0.25) is 0 Å². The molecule has 2 heterocycles. The van der Waals surface area contributed by atoms with Crippen molar-refractivity contribution in [3.8, 4) is 0 Å². The third-order valence-electron chi connectivity index (χ3n) is 4.09. The Kier molecular flexibility index (Phi) is 3.58. The summed E-state index contributed by atoms with van der Waals surface area (Å²) in [6.45, 7) is 6.11. The number of nitrogens with two attached hydrogens (primary N) is 1. The Labute approximate surface area is 114 Å². The van der Waals surface area contributed by atoms with Crippen LogP contribution in [0.25, 0.3) is 11.0 Å². The summed E-state index contributed by atoms with van der Waals surface area (Å²) >= 11 is 0. The van der Waals surface area contributed by atoms with Crippen LogP contribution in [0.1, 0.15) is 31.1 Å². The fourth-order valence-corrected chi connectivity index (χ4v) is 3.13. The summed E-state index contributed by atoms with van der Waals surface area (Å²) < 4.78 is 6.01.